The van der Waals surface area contributed by atoms with Crippen molar-refractivity contribution in [3.05, 3.63) is 59.6 Å². The number of anilines is 3. The molecule has 0 radical (unpaired) electrons. The maximum atomic E-state index is 14.6. The van der Waals surface area contributed by atoms with Gasteiger partial charge in [0.2, 0.25) is 5.95 Å². The molecule has 1 aliphatic rings. The number of hydrogen-bond donors (Lipinski definition) is 2. The van der Waals surface area contributed by atoms with E-state index in [0.29, 0.717) is 24.5 Å². The largest absolute Gasteiger partial charge is 0.494 e. The molecule has 1 aliphatic heterocycles. The first kappa shape index (κ1) is 25.5. The fourth-order valence-electron chi connectivity index (χ4n) is 3.99. The highest BCUT2D eigenvalue weighted by atomic mass is 19.1. The molecular formula is C25H30F2N6O3. The second-order valence-electron chi connectivity index (χ2n) is 8.31. The number of benzene rings is 1. The molecule has 192 valence electrons. The monoisotopic (exact) mass is 500 g/mol. The quantitative estimate of drug-likeness (QED) is 0.435. The van der Waals surface area contributed by atoms with E-state index in [1.54, 1.807) is 13.1 Å². The van der Waals surface area contributed by atoms with Crippen LogP contribution >= 0.6 is 0 Å². The number of β-amino-alcohol motifs (C(OH)–C–C–N with tert-alkyl or cyclic N) is 1. The van der Waals surface area contributed by atoms with Crippen LogP contribution in [0.1, 0.15) is 18.1 Å². The summed E-state index contributed by atoms with van der Waals surface area (Å²) in [4.78, 5) is 17.4. The van der Waals surface area contributed by atoms with E-state index in [1.165, 1.54) is 25.6 Å². The lowest BCUT2D eigenvalue weighted by atomic mass is 10.1. The number of rotatable bonds is 10. The van der Waals surface area contributed by atoms with Gasteiger partial charge in [-0.2, -0.15) is 0 Å². The van der Waals surface area contributed by atoms with E-state index < -0.39 is 11.6 Å². The molecule has 0 aliphatic carbocycles. The summed E-state index contributed by atoms with van der Waals surface area (Å²) in [7, 11) is 1.34. The number of aromatic nitrogens is 3. The van der Waals surface area contributed by atoms with Crippen LogP contribution < -0.4 is 19.7 Å². The summed E-state index contributed by atoms with van der Waals surface area (Å²) in [6, 6.07) is 5.19. The lowest BCUT2D eigenvalue weighted by Crippen LogP contribution is -2.47. The van der Waals surface area contributed by atoms with Crippen LogP contribution in [0.15, 0.2) is 36.8 Å². The minimum atomic E-state index is -0.783. The van der Waals surface area contributed by atoms with Crippen molar-refractivity contribution in [2.75, 3.05) is 56.7 Å². The highest BCUT2D eigenvalue weighted by Crippen LogP contribution is 2.28. The summed E-state index contributed by atoms with van der Waals surface area (Å²) in [5.74, 6) is 0.0475. The van der Waals surface area contributed by atoms with E-state index >= 15 is 0 Å². The molecule has 3 heterocycles. The first-order chi connectivity index (χ1) is 17.5. The molecule has 36 heavy (non-hydrogen) atoms. The molecule has 1 fully saturated rings. The Balaban J connectivity index is 1.33. The number of nitrogens with zero attached hydrogens (tertiary/aromatic N) is 5. The molecule has 4 rings (SSSR count). The first-order valence-electron chi connectivity index (χ1n) is 11.8. The molecule has 0 saturated carbocycles. The third kappa shape index (κ3) is 5.97. The average molecular weight is 501 g/mol. The Hall–Kier alpha value is -3.57. The third-order valence-electron chi connectivity index (χ3n) is 6.06. The number of ether oxygens (including phenoxy) is 2. The molecule has 11 heteroatoms. The van der Waals surface area contributed by atoms with Crippen LogP contribution in [0.4, 0.5) is 26.2 Å². The van der Waals surface area contributed by atoms with E-state index in [4.69, 9.17) is 14.6 Å². The van der Waals surface area contributed by atoms with Crippen molar-refractivity contribution < 1.29 is 23.4 Å². The second-order valence-corrected chi connectivity index (χ2v) is 8.31. The van der Waals surface area contributed by atoms with Crippen molar-refractivity contribution in [3.8, 4) is 11.5 Å². The molecule has 2 N–H and O–H groups in total. The lowest BCUT2D eigenvalue weighted by molar-refractivity contribution is 0.188. The fraction of sp³-hybridized carbons (Fsp3) is 0.400. The number of halogens is 2. The summed E-state index contributed by atoms with van der Waals surface area (Å²) in [6.45, 7) is 5.82. The van der Waals surface area contributed by atoms with Gasteiger partial charge >= 0.3 is 0 Å². The molecule has 0 bridgehead atoms. The van der Waals surface area contributed by atoms with Gasteiger partial charge in [-0.05, 0) is 30.2 Å². The minimum Gasteiger partial charge on any atom is -0.494 e. The second kappa shape index (κ2) is 11.9. The molecule has 9 nitrogen and oxygen atoms in total. The number of piperazine rings is 1. The number of aliphatic hydroxyl groups excluding tert-OH is 1. The summed E-state index contributed by atoms with van der Waals surface area (Å²) in [5.41, 5.74) is 0.875. The number of methoxy groups -OCH3 is 1. The van der Waals surface area contributed by atoms with E-state index in [-0.39, 0.29) is 30.3 Å². The van der Waals surface area contributed by atoms with Crippen LogP contribution in [0.2, 0.25) is 0 Å². The highest BCUT2D eigenvalue weighted by Gasteiger charge is 2.20. The summed E-state index contributed by atoms with van der Waals surface area (Å²) >= 11 is 0. The summed E-state index contributed by atoms with van der Waals surface area (Å²) in [5, 5.41) is 12.2. The molecule has 2 aromatic heterocycles. The van der Waals surface area contributed by atoms with E-state index in [2.05, 4.69) is 30.1 Å². The highest BCUT2D eigenvalue weighted by molar-refractivity contribution is 5.55. The first-order valence-corrected chi connectivity index (χ1v) is 11.8. The standard InChI is InChI=1S/C25H30F2N6O3/c1-3-17-12-21(35-2)24(27)20(23(17)26)16-36-19-14-29-25(30-15-19)31-18-4-5-22(28-13-18)33-8-6-32(7-9-33)10-11-34/h4-5,12-15,34H,3,6-11,16H2,1-2H3,(H,29,30,31). The Kier molecular flexibility index (Phi) is 8.44. The lowest BCUT2D eigenvalue weighted by Gasteiger charge is -2.35. The molecule has 0 amide bonds. The molecule has 0 spiro atoms. The van der Waals surface area contributed by atoms with Crippen molar-refractivity contribution in [1.82, 2.24) is 19.9 Å². The van der Waals surface area contributed by atoms with E-state index in [0.717, 1.165) is 37.7 Å². The maximum absolute atomic E-state index is 14.6. The molecular weight excluding hydrogens is 470 g/mol. The maximum Gasteiger partial charge on any atom is 0.227 e. The van der Waals surface area contributed by atoms with Gasteiger partial charge in [0.05, 0.1) is 43.6 Å². The van der Waals surface area contributed by atoms with Crippen LogP contribution in [-0.2, 0) is 13.0 Å². The molecule has 0 atom stereocenters. The Morgan fingerprint density at radius 2 is 1.78 bits per heavy atom. The smallest absolute Gasteiger partial charge is 0.227 e. The van der Waals surface area contributed by atoms with E-state index in [9.17, 15) is 8.78 Å². The Morgan fingerprint density at radius 1 is 1.03 bits per heavy atom. The van der Waals surface area contributed by atoms with Gasteiger partial charge in [0, 0.05) is 32.7 Å². The molecule has 0 unspecified atom stereocenters. The minimum absolute atomic E-state index is 0.0220. The zero-order valence-corrected chi connectivity index (χ0v) is 20.4. The number of nitrogens with one attached hydrogen (secondary N) is 1. The number of pyridine rings is 1. The van der Waals surface area contributed by atoms with Crippen LogP contribution in [-0.4, -0.2) is 71.4 Å². The summed E-state index contributed by atoms with van der Waals surface area (Å²) < 4.78 is 39.7. The number of hydrogen-bond acceptors (Lipinski definition) is 9. The predicted molar refractivity (Wildman–Crippen MR) is 132 cm³/mol. The Bertz CT molecular complexity index is 1110. The fourth-order valence-corrected chi connectivity index (χ4v) is 3.99. The van der Waals surface area contributed by atoms with Crippen molar-refractivity contribution in [2.45, 2.75) is 20.0 Å². The van der Waals surface area contributed by atoms with Crippen LogP contribution in [0.3, 0.4) is 0 Å². The average Bonchev–Trinajstić information content (AvgIpc) is 2.91. The molecule has 1 saturated heterocycles. The van der Waals surface area contributed by atoms with Gasteiger partial charge < -0.3 is 24.8 Å². The SMILES string of the molecule is CCc1cc(OC)c(F)c(COc2cnc(Nc3ccc(N4CCN(CCO)CC4)nc3)nc2)c1F. The van der Waals surface area contributed by atoms with Gasteiger partial charge in [0.15, 0.2) is 17.3 Å². The number of aryl methyl sites for hydroxylation is 1. The van der Waals surface area contributed by atoms with Gasteiger partial charge in [-0.3, -0.25) is 4.90 Å². The zero-order chi connectivity index (χ0) is 25.5. The van der Waals surface area contributed by atoms with Gasteiger partial charge in [-0.1, -0.05) is 6.92 Å². The van der Waals surface area contributed by atoms with Crippen molar-refractivity contribution in [1.29, 1.82) is 0 Å². The topological polar surface area (TPSA) is 95.9 Å². The third-order valence-corrected chi connectivity index (χ3v) is 6.06. The molecule has 1 aromatic carbocycles. The molecule has 3 aromatic rings. The van der Waals surface area contributed by atoms with Gasteiger partial charge in [-0.25, -0.2) is 23.7 Å². The van der Waals surface area contributed by atoms with E-state index in [1.807, 2.05) is 12.1 Å². The van der Waals surface area contributed by atoms with Gasteiger partial charge in [0.1, 0.15) is 18.2 Å². The Labute approximate surface area is 208 Å². The predicted octanol–water partition coefficient (Wildman–Crippen LogP) is 3.16. The van der Waals surface area contributed by atoms with Crippen LogP contribution in [0.5, 0.6) is 11.5 Å². The Morgan fingerprint density at radius 3 is 2.39 bits per heavy atom. The normalized spacial score (nSPS) is 14.1. The van der Waals surface area contributed by atoms with Gasteiger partial charge in [0.25, 0.3) is 0 Å². The van der Waals surface area contributed by atoms with Crippen molar-refractivity contribution in [2.24, 2.45) is 0 Å². The van der Waals surface area contributed by atoms with Crippen molar-refractivity contribution >= 4 is 17.5 Å². The van der Waals surface area contributed by atoms with Crippen LogP contribution in [0.25, 0.3) is 0 Å². The van der Waals surface area contributed by atoms with Gasteiger partial charge in [-0.15, -0.1) is 0 Å². The van der Waals surface area contributed by atoms with Crippen molar-refractivity contribution in [3.63, 3.8) is 0 Å². The zero-order valence-electron chi connectivity index (χ0n) is 20.4. The summed E-state index contributed by atoms with van der Waals surface area (Å²) in [6.07, 6.45) is 4.97. The van der Waals surface area contributed by atoms with Crippen LogP contribution in [0, 0.1) is 11.6 Å². The number of aliphatic hydroxyl groups is 1.